The van der Waals surface area contributed by atoms with Gasteiger partial charge in [0.2, 0.25) is 0 Å². The number of hydrogen-bond donors (Lipinski definition) is 1. The summed E-state index contributed by atoms with van der Waals surface area (Å²) in [6.07, 6.45) is 0.00743. The van der Waals surface area contributed by atoms with E-state index in [1.54, 1.807) is 12.1 Å². The molecule has 7 nitrogen and oxygen atoms in total. The van der Waals surface area contributed by atoms with E-state index in [0.717, 1.165) is 10.9 Å². The van der Waals surface area contributed by atoms with Gasteiger partial charge in [0, 0.05) is 30.5 Å². The van der Waals surface area contributed by atoms with E-state index in [9.17, 15) is 9.59 Å². The van der Waals surface area contributed by atoms with Crippen LogP contribution in [0.5, 0.6) is 5.75 Å². The molecule has 2 aromatic rings. The van der Waals surface area contributed by atoms with Crippen molar-refractivity contribution in [2.45, 2.75) is 38.9 Å². The quantitative estimate of drug-likeness (QED) is 0.651. The van der Waals surface area contributed by atoms with Crippen LogP contribution in [0.4, 0.5) is 4.79 Å². The lowest BCUT2D eigenvalue weighted by Crippen LogP contribution is -2.48. The Morgan fingerprint density at radius 3 is 2.88 bits per heavy atom. The van der Waals surface area contributed by atoms with Crippen LogP contribution >= 0.6 is 0 Å². The summed E-state index contributed by atoms with van der Waals surface area (Å²) in [7, 11) is 0. The highest BCUT2D eigenvalue weighted by molar-refractivity contribution is 5.79. The molecule has 2 heterocycles. The molecular formula is C19H23NO6. The predicted octanol–water partition coefficient (Wildman–Crippen LogP) is 2.64. The molecule has 26 heavy (non-hydrogen) atoms. The third kappa shape index (κ3) is 3.99. The highest BCUT2D eigenvalue weighted by atomic mass is 16.6. The first-order valence-corrected chi connectivity index (χ1v) is 8.67. The van der Waals surface area contributed by atoms with Gasteiger partial charge in [-0.05, 0) is 38.5 Å². The summed E-state index contributed by atoms with van der Waals surface area (Å²) in [6.45, 7) is 6.69. The van der Waals surface area contributed by atoms with Crippen molar-refractivity contribution in [3.8, 4) is 5.75 Å². The van der Waals surface area contributed by atoms with Crippen molar-refractivity contribution in [1.29, 1.82) is 0 Å². The van der Waals surface area contributed by atoms with E-state index >= 15 is 0 Å². The normalized spacial score (nSPS) is 18.0. The van der Waals surface area contributed by atoms with Gasteiger partial charge in [0.25, 0.3) is 0 Å². The second-order valence-electron chi connectivity index (χ2n) is 6.69. The van der Waals surface area contributed by atoms with Crippen molar-refractivity contribution in [3.63, 3.8) is 0 Å². The van der Waals surface area contributed by atoms with Gasteiger partial charge < -0.3 is 23.9 Å². The zero-order valence-corrected chi connectivity index (χ0v) is 15.2. The molecule has 0 saturated heterocycles. The molecule has 3 rings (SSSR count). The maximum Gasteiger partial charge on any atom is 0.407 e. The molecule has 0 unspecified atom stereocenters. The zero-order chi connectivity index (χ0) is 18.7. The first-order chi connectivity index (χ1) is 12.4. The third-order valence-corrected chi connectivity index (χ3v) is 4.31. The van der Waals surface area contributed by atoms with Crippen LogP contribution in [-0.4, -0.2) is 37.6 Å². The Kier molecular flexibility index (Phi) is 5.18. The number of benzene rings is 1. The molecule has 1 aliphatic rings. The van der Waals surface area contributed by atoms with Crippen LogP contribution in [-0.2, 0) is 15.9 Å². The summed E-state index contributed by atoms with van der Waals surface area (Å²) >= 11 is 0. The molecule has 0 radical (unpaired) electrons. The molecule has 1 aromatic heterocycles. The molecule has 1 aliphatic heterocycles. The number of hydrogen-bond acceptors (Lipinski definition) is 6. The largest absolute Gasteiger partial charge is 0.485 e. The van der Waals surface area contributed by atoms with Gasteiger partial charge in [-0.25, -0.2) is 9.59 Å². The van der Waals surface area contributed by atoms with Crippen LogP contribution in [0.1, 0.15) is 26.3 Å². The Labute approximate surface area is 151 Å². The fourth-order valence-electron chi connectivity index (χ4n) is 2.97. The molecule has 0 saturated carbocycles. The molecule has 0 spiro atoms. The van der Waals surface area contributed by atoms with Gasteiger partial charge in [-0.1, -0.05) is 0 Å². The van der Waals surface area contributed by atoms with Gasteiger partial charge in [0.05, 0.1) is 6.61 Å². The first kappa shape index (κ1) is 18.3. The zero-order valence-electron chi connectivity index (χ0n) is 15.2. The second kappa shape index (κ2) is 7.37. The number of carbonyl (C=O) groups is 1. The van der Waals surface area contributed by atoms with E-state index in [-0.39, 0.29) is 24.9 Å². The summed E-state index contributed by atoms with van der Waals surface area (Å²) in [5.74, 6) is 0.690. The molecular weight excluding hydrogens is 338 g/mol. The van der Waals surface area contributed by atoms with Crippen molar-refractivity contribution < 1.29 is 23.4 Å². The number of ether oxygens (including phenoxy) is 3. The average molecular weight is 361 g/mol. The molecule has 0 bridgehead atoms. The van der Waals surface area contributed by atoms with Crippen LogP contribution in [0, 0.1) is 0 Å². The summed E-state index contributed by atoms with van der Waals surface area (Å²) in [6, 6.07) is 6.83. The molecule has 1 N–H and O–H groups in total. The van der Waals surface area contributed by atoms with E-state index in [0.29, 0.717) is 24.3 Å². The first-order valence-electron chi connectivity index (χ1n) is 8.67. The Hall–Kier alpha value is -2.54. The Morgan fingerprint density at radius 1 is 1.31 bits per heavy atom. The number of amides is 1. The summed E-state index contributed by atoms with van der Waals surface area (Å²) in [4.78, 5) is 22.7. The van der Waals surface area contributed by atoms with E-state index in [4.69, 9.17) is 18.6 Å². The lowest BCUT2D eigenvalue weighted by atomic mass is 9.90. The summed E-state index contributed by atoms with van der Waals surface area (Å²) in [5.41, 5.74) is 0.532. The van der Waals surface area contributed by atoms with Crippen molar-refractivity contribution in [2.24, 2.45) is 0 Å². The Morgan fingerprint density at radius 2 is 2.12 bits per heavy atom. The minimum atomic E-state index is -0.568. The topological polar surface area (TPSA) is 87.0 Å². The lowest BCUT2D eigenvalue weighted by molar-refractivity contribution is -0.0904. The Balaban J connectivity index is 1.69. The van der Waals surface area contributed by atoms with Crippen molar-refractivity contribution in [2.75, 3.05) is 19.8 Å². The fraction of sp³-hybridized carbons (Fsp3) is 0.474. The molecule has 1 aromatic carbocycles. The summed E-state index contributed by atoms with van der Waals surface area (Å²) < 4.78 is 22.2. The minimum Gasteiger partial charge on any atom is -0.485 e. The van der Waals surface area contributed by atoms with Gasteiger partial charge in [-0.15, -0.1) is 0 Å². The predicted molar refractivity (Wildman–Crippen MR) is 95.7 cm³/mol. The van der Waals surface area contributed by atoms with Crippen molar-refractivity contribution in [1.82, 2.24) is 5.32 Å². The number of carbonyl (C=O) groups excluding carboxylic acids is 1. The van der Waals surface area contributed by atoms with Crippen LogP contribution in [0.25, 0.3) is 11.0 Å². The lowest BCUT2D eigenvalue weighted by Gasteiger charge is -2.39. The monoisotopic (exact) mass is 361 g/mol. The molecule has 0 aliphatic carbocycles. The van der Waals surface area contributed by atoms with E-state index in [1.807, 2.05) is 26.8 Å². The minimum absolute atomic E-state index is 0.175. The third-order valence-electron chi connectivity index (χ3n) is 4.31. The van der Waals surface area contributed by atoms with Crippen LogP contribution in [0.2, 0.25) is 0 Å². The van der Waals surface area contributed by atoms with E-state index < -0.39 is 11.7 Å². The standard InChI is InChI=1S/C19H23NO6/c1-4-20-18(22)24-8-7-23-16-10-13-9-12-5-6-17(21)25-14(12)11-15(13)26-19(16,2)3/h5-6,9,11,16H,4,7-8,10H2,1-3H3,(H,20,22)/t16-/m0/s1. The highest BCUT2D eigenvalue weighted by Gasteiger charge is 2.38. The second-order valence-corrected chi connectivity index (χ2v) is 6.69. The van der Waals surface area contributed by atoms with E-state index in [2.05, 4.69) is 5.32 Å². The van der Waals surface area contributed by atoms with Gasteiger partial charge in [-0.2, -0.15) is 0 Å². The van der Waals surface area contributed by atoms with Gasteiger partial charge in [-0.3, -0.25) is 0 Å². The fourth-order valence-corrected chi connectivity index (χ4v) is 2.97. The number of rotatable bonds is 5. The van der Waals surface area contributed by atoms with Crippen molar-refractivity contribution >= 4 is 17.1 Å². The van der Waals surface area contributed by atoms with Crippen LogP contribution < -0.4 is 15.7 Å². The van der Waals surface area contributed by atoms with Gasteiger partial charge >= 0.3 is 11.7 Å². The van der Waals surface area contributed by atoms with Crippen LogP contribution in [0.3, 0.4) is 0 Å². The molecule has 1 atom stereocenters. The van der Waals surface area contributed by atoms with Gasteiger partial charge in [0.1, 0.15) is 29.6 Å². The maximum absolute atomic E-state index is 11.4. The molecule has 0 fully saturated rings. The molecule has 7 heteroatoms. The maximum atomic E-state index is 11.4. The SMILES string of the molecule is CCNC(=O)OCCO[C@H]1Cc2cc3ccc(=O)oc3cc2OC1(C)C. The smallest absolute Gasteiger partial charge is 0.407 e. The number of fused-ring (bicyclic) bond motifs is 2. The summed E-state index contributed by atoms with van der Waals surface area (Å²) in [5, 5.41) is 3.40. The average Bonchev–Trinajstić information content (AvgIpc) is 2.57. The van der Waals surface area contributed by atoms with Gasteiger partial charge in [0.15, 0.2) is 0 Å². The molecule has 1 amide bonds. The number of alkyl carbamates (subject to hydrolysis) is 1. The Bertz CT molecular complexity index is 857. The van der Waals surface area contributed by atoms with E-state index in [1.165, 1.54) is 6.07 Å². The molecule has 140 valence electrons. The highest BCUT2D eigenvalue weighted by Crippen LogP contribution is 2.37. The van der Waals surface area contributed by atoms with Crippen LogP contribution in [0.15, 0.2) is 33.5 Å². The van der Waals surface area contributed by atoms with Crippen molar-refractivity contribution in [3.05, 3.63) is 40.2 Å². The number of nitrogens with one attached hydrogen (secondary N) is 1.